The quantitative estimate of drug-likeness (QED) is 0.611. The lowest BCUT2D eigenvalue weighted by Crippen LogP contribution is -2.11. The molecule has 8 heteroatoms. The molecule has 7 nitrogen and oxygen atoms in total. The van der Waals surface area contributed by atoms with Gasteiger partial charge in [-0.15, -0.1) is 0 Å². The molecule has 0 radical (unpaired) electrons. The van der Waals surface area contributed by atoms with Gasteiger partial charge in [0.15, 0.2) is 23.1 Å². The Morgan fingerprint density at radius 2 is 1.88 bits per heavy atom. The first kappa shape index (κ1) is 15.7. The molecule has 4 aromatic rings. The third-order valence-electron chi connectivity index (χ3n) is 3.73. The molecule has 0 saturated heterocycles. The van der Waals surface area contributed by atoms with Crippen LogP contribution in [-0.2, 0) is 0 Å². The van der Waals surface area contributed by atoms with Crippen molar-refractivity contribution < 1.29 is 13.9 Å². The molecule has 0 unspecified atom stereocenters. The zero-order valence-electron chi connectivity index (χ0n) is 13.3. The Morgan fingerprint density at radius 1 is 1.08 bits per heavy atom. The molecular weight excluding hydrogens is 337 g/mol. The summed E-state index contributed by atoms with van der Waals surface area (Å²) in [7, 11) is 0. The van der Waals surface area contributed by atoms with Crippen LogP contribution in [0.25, 0.3) is 16.9 Å². The van der Waals surface area contributed by atoms with Crippen LogP contribution in [0, 0.1) is 5.82 Å². The average Bonchev–Trinajstić information content (AvgIpc) is 3.13. The highest BCUT2D eigenvalue weighted by molar-refractivity contribution is 5.92. The summed E-state index contributed by atoms with van der Waals surface area (Å²) in [6.45, 7) is 0. The number of hydrogen-bond donors (Lipinski definition) is 1. The zero-order chi connectivity index (χ0) is 18.1. The van der Waals surface area contributed by atoms with E-state index < -0.39 is 11.7 Å². The molecule has 0 aliphatic rings. The number of pyridine rings is 1. The van der Waals surface area contributed by atoms with E-state index in [1.807, 2.05) is 0 Å². The zero-order valence-corrected chi connectivity index (χ0v) is 13.3. The van der Waals surface area contributed by atoms with Crippen molar-refractivity contribution >= 4 is 11.4 Å². The van der Waals surface area contributed by atoms with Crippen molar-refractivity contribution in [2.75, 3.05) is 0 Å². The molecule has 0 aliphatic carbocycles. The van der Waals surface area contributed by atoms with Gasteiger partial charge in [-0.25, -0.2) is 18.9 Å². The molecule has 1 amide bonds. The van der Waals surface area contributed by atoms with Crippen molar-refractivity contribution in [3.8, 4) is 22.9 Å². The lowest BCUT2D eigenvalue weighted by atomic mass is 10.2. The fourth-order valence-electron chi connectivity index (χ4n) is 2.50. The minimum atomic E-state index is -0.711. The highest BCUT2D eigenvalue weighted by Gasteiger charge is 2.14. The SMILES string of the molecule is NC(=O)c1ccc(Oc2cc(-c3ncccn3)cn3nccc23)c(F)c1. The summed E-state index contributed by atoms with van der Waals surface area (Å²) < 4.78 is 21.6. The van der Waals surface area contributed by atoms with Crippen LogP contribution in [0.3, 0.4) is 0 Å². The third-order valence-corrected chi connectivity index (χ3v) is 3.73. The van der Waals surface area contributed by atoms with Crippen molar-refractivity contribution in [3.63, 3.8) is 0 Å². The Hall–Kier alpha value is -3.81. The van der Waals surface area contributed by atoms with E-state index in [2.05, 4.69) is 15.1 Å². The van der Waals surface area contributed by atoms with Gasteiger partial charge in [0.25, 0.3) is 0 Å². The number of nitrogens with two attached hydrogens (primary N) is 1. The van der Waals surface area contributed by atoms with Crippen LogP contribution in [0.1, 0.15) is 10.4 Å². The maximum absolute atomic E-state index is 14.3. The van der Waals surface area contributed by atoms with Gasteiger partial charge in [0.1, 0.15) is 5.52 Å². The van der Waals surface area contributed by atoms with Gasteiger partial charge in [-0.1, -0.05) is 0 Å². The van der Waals surface area contributed by atoms with Crippen LogP contribution in [-0.4, -0.2) is 25.5 Å². The summed E-state index contributed by atoms with van der Waals surface area (Å²) in [6.07, 6.45) is 6.60. The van der Waals surface area contributed by atoms with Crippen LogP contribution in [0.15, 0.2) is 61.2 Å². The molecule has 0 fully saturated rings. The highest BCUT2D eigenvalue weighted by Crippen LogP contribution is 2.31. The minimum Gasteiger partial charge on any atom is -0.452 e. The van der Waals surface area contributed by atoms with E-state index in [9.17, 15) is 9.18 Å². The van der Waals surface area contributed by atoms with Gasteiger partial charge in [0.2, 0.25) is 5.91 Å². The number of fused-ring (bicyclic) bond motifs is 1. The molecule has 3 heterocycles. The van der Waals surface area contributed by atoms with Crippen molar-refractivity contribution in [2.45, 2.75) is 0 Å². The van der Waals surface area contributed by atoms with Gasteiger partial charge in [-0.2, -0.15) is 5.10 Å². The molecule has 0 bridgehead atoms. The summed E-state index contributed by atoms with van der Waals surface area (Å²) in [6, 6.07) is 8.94. The number of carbonyl (C=O) groups is 1. The minimum absolute atomic E-state index is 0.0377. The lowest BCUT2D eigenvalue weighted by molar-refractivity contribution is 0.1000. The molecule has 26 heavy (non-hydrogen) atoms. The van der Waals surface area contributed by atoms with Crippen LogP contribution in [0.4, 0.5) is 4.39 Å². The van der Waals surface area contributed by atoms with Crippen molar-refractivity contribution in [3.05, 3.63) is 72.6 Å². The summed E-state index contributed by atoms with van der Waals surface area (Å²) in [5.41, 5.74) is 6.52. The van der Waals surface area contributed by atoms with Crippen molar-refractivity contribution in [1.82, 2.24) is 19.6 Å². The Balaban J connectivity index is 1.79. The summed E-state index contributed by atoms with van der Waals surface area (Å²) in [5.74, 6) is -0.584. The second-order valence-electron chi connectivity index (χ2n) is 5.44. The molecule has 0 saturated carbocycles. The fourth-order valence-corrected chi connectivity index (χ4v) is 2.50. The van der Waals surface area contributed by atoms with E-state index in [0.717, 1.165) is 6.07 Å². The van der Waals surface area contributed by atoms with Gasteiger partial charge in [0, 0.05) is 29.7 Å². The third kappa shape index (κ3) is 2.84. The molecule has 2 N–H and O–H groups in total. The first-order valence-corrected chi connectivity index (χ1v) is 7.64. The van der Waals surface area contributed by atoms with E-state index in [1.54, 1.807) is 47.5 Å². The predicted molar refractivity (Wildman–Crippen MR) is 91.2 cm³/mol. The number of rotatable bonds is 4. The topological polar surface area (TPSA) is 95.4 Å². The highest BCUT2D eigenvalue weighted by atomic mass is 19.1. The largest absolute Gasteiger partial charge is 0.452 e. The van der Waals surface area contributed by atoms with Gasteiger partial charge in [-0.05, 0) is 36.4 Å². The first-order chi connectivity index (χ1) is 12.6. The molecule has 0 aliphatic heterocycles. The van der Waals surface area contributed by atoms with Gasteiger partial charge >= 0.3 is 0 Å². The number of benzene rings is 1. The molecule has 4 rings (SSSR count). The normalized spacial score (nSPS) is 10.8. The molecule has 128 valence electrons. The van der Waals surface area contributed by atoms with Crippen molar-refractivity contribution in [1.29, 1.82) is 0 Å². The number of amides is 1. The number of carbonyl (C=O) groups excluding carboxylic acids is 1. The molecule has 0 spiro atoms. The van der Waals surface area contributed by atoms with E-state index >= 15 is 0 Å². The number of halogens is 1. The number of primary amides is 1. The fraction of sp³-hybridized carbons (Fsp3) is 0. The number of nitrogens with zero attached hydrogens (tertiary/aromatic N) is 4. The summed E-state index contributed by atoms with van der Waals surface area (Å²) in [5, 5.41) is 4.19. The molecule has 0 atom stereocenters. The summed E-state index contributed by atoms with van der Waals surface area (Å²) in [4.78, 5) is 19.6. The van der Waals surface area contributed by atoms with Gasteiger partial charge in [0.05, 0.1) is 6.20 Å². The maximum Gasteiger partial charge on any atom is 0.248 e. The van der Waals surface area contributed by atoms with Crippen LogP contribution in [0.5, 0.6) is 11.5 Å². The van der Waals surface area contributed by atoms with Gasteiger partial charge in [-0.3, -0.25) is 4.79 Å². The van der Waals surface area contributed by atoms with Crippen LogP contribution >= 0.6 is 0 Å². The van der Waals surface area contributed by atoms with Gasteiger partial charge < -0.3 is 10.5 Å². The van der Waals surface area contributed by atoms with E-state index in [4.69, 9.17) is 10.5 Å². The smallest absolute Gasteiger partial charge is 0.248 e. The Labute approximate surface area is 146 Å². The Bertz CT molecular complexity index is 1110. The second-order valence-corrected chi connectivity index (χ2v) is 5.44. The molecule has 3 aromatic heterocycles. The summed E-state index contributed by atoms with van der Waals surface area (Å²) >= 11 is 0. The molecule has 1 aromatic carbocycles. The Morgan fingerprint density at radius 3 is 2.62 bits per heavy atom. The molecular formula is C18H12FN5O2. The first-order valence-electron chi connectivity index (χ1n) is 7.64. The number of aromatic nitrogens is 4. The maximum atomic E-state index is 14.3. The number of ether oxygens (including phenoxy) is 1. The van der Waals surface area contributed by atoms with Crippen LogP contribution < -0.4 is 10.5 Å². The lowest BCUT2D eigenvalue weighted by Gasteiger charge is -2.11. The standard InChI is InChI=1S/C18H12FN5O2/c19-13-8-11(17(20)25)2-3-15(13)26-16-9-12(18-21-5-1-6-22-18)10-24-14(16)4-7-23-24/h1-10H,(H2,20,25). The van der Waals surface area contributed by atoms with Crippen molar-refractivity contribution in [2.24, 2.45) is 5.73 Å². The van der Waals surface area contributed by atoms with E-state index in [-0.39, 0.29) is 11.3 Å². The number of hydrogen-bond acceptors (Lipinski definition) is 5. The predicted octanol–water partition coefficient (Wildman–Crippen LogP) is 2.82. The van der Waals surface area contributed by atoms with E-state index in [1.165, 1.54) is 12.1 Å². The monoisotopic (exact) mass is 349 g/mol. The average molecular weight is 349 g/mol. The van der Waals surface area contributed by atoms with Crippen LogP contribution in [0.2, 0.25) is 0 Å². The second kappa shape index (κ2) is 6.25. The Kier molecular flexibility index (Phi) is 3.77. The van der Waals surface area contributed by atoms with E-state index in [0.29, 0.717) is 22.7 Å².